The van der Waals surface area contributed by atoms with Crippen LogP contribution in [-0.2, 0) is 4.79 Å². The van der Waals surface area contributed by atoms with Crippen LogP contribution in [0, 0.1) is 12.1 Å². The van der Waals surface area contributed by atoms with Gasteiger partial charge in [0, 0.05) is 29.4 Å². The fourth-order valence-corrected chi connectivity index (χ4v) is 1.79. The summed E-state index contributed by atoms with van der Waals surface area (Å²) in [5.74, 6) is 0.650. The van der Waals surface area contributed by atoms with Crippen molar-refractivity contribution in [1.29, 1.82) is 0 Å². The molecule has 0 fully saturated rings. The average molecular weight is 241 g/mol. The fourth-order valence-electron chi connectivity index (χ4n) is 1.79. The third kappa shape index (κ3) is 2.62. The van der Waals surface area contributed by atoms with Crippen LogP contribution in [0.4, 0.5) is 5.69 Å². The Labute approximate surface area is 107 Å². The number of hydrogen-bond donors (Lipinski definition) is 1. The lowest BCUT2D eigenvalue weighted by Crippen LogP contribution is -2.07. The molecule has 3 nitrogen and oxygen atoms in total. The second kappa shape index (κ2) is 5.08. The van der Waals surface area contributed by atoms with Gasteiger partial charge in [-0.3, -0.25) is 4.79 Å². The Bertz CT molecular complexity index is 576. The number of benzene rings is 2. The van der Waals surface area contributed by atoms with Gasteiger partial charge in [0.15, 0.2) is 0 Å². The number of anilines is 1. The minimum atomic E-state index is -0.105. The lowest BCUT2D eigenvalue weighted by atomic mass is 10.1. The third-order valence-corrected chi connectivity index (χ3v) is 2.40. The summed E-state index contributed by atoms with van der Waals surface area (Å²) in [5, 5.41) is 4.52. The molecule has 3 heteroatoms. The second-order valence-electron chi connectivity index (χ2n) is 4.35. The lowest BCUT2D eigenvalue weighted by molar-refractivity contribution is -0.114. The molecule has 92 valence electrons. The maximum absolute atomic E-state index is 11.2. The maximum atomic E-state index is 11.2. The van der Waals surface area contributed by atoms with Gasteiger partial charge in [0.2, 0.25) is 5.91 Å². The summed E-state index contributed by atoms with van der Waals surface area (Å²) >= 11 is 0. The smallest absolute Gasteiger partial charge is 0.221 e. The van der Waals surface area contributed by atoms with Crippen LogP contribution in [0.25, 0.3) is 10.8 Å². The minimum absolute atomic E-state index is 0.0911. The van der Waals surface area contributed by atoms with Crippen LogP contribution in [0.1, 0.15) is 20.8 Å². The van der Waals surface area contributed by atoms with E-state index in [0.717, 1.165) is 22.2 Å². The van der Waals surface area contributed by atoms with Gasteiger partial charge in [0.25, 0.3) is 0 Å². The number of nitrogens with one attached hydrogen (secondary N) is 1. The molecule has 0 aromatic heterocycles. The molecule has 2 aromatic rings. The van der Waals surface area contributed by atoms with Gasteiger partial charge in [-0.15, -0.1) is 0 Å². The van der Waals surface area contributed by atoms with Crippen molar-refractivity contribution in [3.8, 4) is 5.75 Å². The Morgan fingerprint density at radius 1 is 1.39 bits per heavy atom. The number of carbonyl (C=O) groups excluding carboxylic acids is 1. The van der Waals surface area contributed by atoms with Crippen LogP contribution in [0.5, 0.6) is 5.75 Å². The third-order valence-electron chi connectivity index (χ3n) is 2.40. The molecule has 2 aromatic carbocycles. The van der Waals surface area contributed by atoms with Crippen molar-refractivity contribution in [3.05, 3.63) is 36.4 Å². The second-order valence-corrected chi connectivity index (χ2v) is 4.35. The Balaban J connectivity index is 2.54. The minimum Gasteiger partial charge on any atom is -0.490 e. The van der Waals surface area contributed by atoms with Gasteiger partial charge in [-0.2, -0.15) is 0 Å². The number of carbonyl (C=O) groups is 1. The standard InChI is InChI=1S/C15H15NO2/c1-10(2)18-15-9-5-6-12-13(15)7-4-8-14(12)16-11(3)17/h4,7-10H,1-3H3,(H,16,17). The Kier molecular flexibility index (Phi) is 3.51. The number of ether oxygens (including phenoxy) is 1. The Morgan fingerprint density at radius 2 is 2.17 bits per heavy atom. The first kappa shape index (κ1) is 12.4. The lowest BCUT2D eigenvalue weighted by Gasteiger charge is -2.13. The molecule has 0 aliphatic carbocycles. The molecule has 0 spiro atoms. The molecule has 0 aliphatic rings. The first-order valence-corrected chi connectivity index (χ1v) is 5.87. The van der Waals surface area contributed by atoms with E-state index in [0.29, 0.717) is 0 Å². The van der Waals surface area contributed by atoms with Crippen molar-refractivity contribution in [2.75, 3.05) is 5.32 Å². The first-order chi connectivity index (χ1) is 8.58. The average Bonchev–Trinajstić information content (AvgIpc) is 2.29. The molecule has 0 atom stereocenters. The van der Waals surface area contributed by atoms with E-state index in [1.165, 1.54) is 6.92 Å². The Morgan fingerprint density at radius 3 is 2.83 bits per heavy atom. The van der Waals surface area contributed by atoms with Gasteiger partial charge in [-0.05, 0) is 32.0 Å². The van der Waals surface area contributed by atoms with E-state index < -0.39 is 0 Å². The van der Waals surface area contributed by atoms with E-state index in [4.69, 9.17) is 4.74 Å². The molecule has 0 bridgehead atoms. The summed E-state index contributed by atoms with van der Waals surface area (Å²) in [6.45, 7) is 5.43. The highest BCUT2D eigenvalue weighted by atomic mass is 16.5. The summed E-state index contributed by atoms with van der Waals surface area (Å²) in [5.41, 5.74) is 0.727. The molecule has 2 rings (SSSR count). The van der Waals surface area contributed by atoms with E-state index in [-0.39, 0.29) is 12.0 Å². The molecule has 18 heavy (non-hydrogen) atoms. The molecule has 0 saturated heterocycles. The van der Waals surface area contributed by atoms with Gasteiger partial charge in [-0.25, -0.2) is 0 Å². The fraction of sp³-hybridized carbons (Fsp3) is 0.267. The van der Waals surface area contributed by atoms with Gasteiger partial charge < -0.3 is 10.1 Å². The predicted molar refractivity (Wildman–Crippen MR) is 71.7 cm³/mol. The van der Waals surface area contributed by atoms with Crippen LogP contribution in [-0.4, -0.2) is 12.0 Å². The molecular weight excluding hydrogens is 226 g/mol. The van der Waals surface area contributed by atoms with Crippen molar-refractivity contribution in [1.82, 2.24) is 0 Å². The highest BCUT2D eigenvalue weighted by Crippen LogP contribution is 2.30. The molecule has 1 amide bonds. The zero-order valence-electron chi connectivity index (χ0n) is 10.7. The highest BCUT2D eigenvalue weighted by molar-refractivity contribution is 6.03. The normalized spacial score (nSPS) is 10.7. The van der Waals surface area contributed by atoms with Crippen LogP contribution in [0.15, 0.2) is 24.3 Å². The first-order valence-electron chi connectivity index (χ1n) is 5.87. The molecule has 2 radical (unpaired) electrons. The molecule has 1 N–H and O–H groups in total. The van der Waals surface area contributed by atoms with E-state index in [1.54, 1.807) is 6.07 Å². The number of fused-ring (bicyclic) bond motifs is 1. The molecule has 0 heterocycles. The Hall–Kier alpha value is -2.03. The number of rotatable bonds is 3. The largest absolute Gasteiger partial charge is 0.490 e. The van der Waals surface area contributed by atoms with Gasteiger partial charge in [-0.1, -0.05) is 12.1 Å². The molecule has 0 aliphatic heterocycles. The highest BCUT2D eigenvalue weighted by Gasteiger charge is 2.08. The van der Waals surface area contributed by atoms with E-state index in [2.05, 4.69) is 17.4 Å². The van der Waals surface area contributed by atoms with E-state index >= 15 is 0 Å². The quantitative estimate of drug-likeness (QED) is 0.896. The monoisotopic (exact) mass is 241 g/mol. The van der Waals surface area contributed by atoms with Gasteiger partial charge in [0.1, 0.15) is 5.75 Å². The van der Waals surface area contributed by atoms with Gasteiger partial charge >= 0.3 is 0 Å². The van der Waals surface area contributed by atoms with Crippen LogP contribution >= 0.6 is 0 Å². The van der Waals surface area contributed by atoms with Crippen molar-refractivity contribution >= 4 is 22.4 Å². The van der Waals surface area contributed by atoms with Gasteiger partial charge in [0.05, 0.1) is 6.10 Å². The summed E-state index contributed by atoms with van der Waals surface area (Å²) in [6.07, 6.45) is 0.0911. The molecule has 0 saturated carbocycles. The zero-order chi connectivity index (χ0) is 13.1. The number of hydrogen-bond acceptors (Lipinski definition) is 2. The molecule has 0 unspecified atom stereocenters. The van der Waals surface area contributed by atoms with E-state index in [9.17, 15) is 4.79 Å². The summed E-state index contributed by atoms with van der Waals surface area (Å²) in [6, 6.07) is 13.4. The SMILES string of the molecule is CC(=O)Nc1cccc2c(OC(C)C)c[c][c]c12. The van der Waals surface area contributed by atoms with Crippen LogP contribution in [0.3, 0.4) is 0 Å². The van der Waals surface area contributed by atoms with Crippen molar-refractivity contribution < 1.29 is 9.53 Å². The van der Waals surface area contributed by atoms with Crippen molar-refractivity contribution in [3.63, 3.8) is 0 Å². The zero-order valence-corrected chi connectivity index (χ0v) is 10.7. The van der Waals surface area contributed by atoms with Crippen molar-refractivity contribution in [2.24, 2.45) is 0 Å². The topological polar surface area (TPSA) is 38.3 Å². The maximum Gasteiger partial charge on any atom is 0.221 e. The summed E-state index contributed by atoms with van der Waals surface area (Å²) < 4.78 is 5.72. The summed E-state index contributed by atoms with van der Waals surface area (Å²) in [4.78, 5) is 11.2. The summed E-state index contributed by atoms with van der Waals surface area (Å²) in [7, 11) is 0. The van der Waals surface area contributed by atoms with Crippen LogP contribution < -0.4 is 10.1 Å². The van der Waals surface area contributed by atoms with Crippen molar-refractivity contribution in [2.45, 2.75) is 26.9 Å². The molecular formula is C15H15NO2. The van der Waals surface area contributed by atoms with E-state index in [1.807, 2.05) is 32.0 Å². The van der Waals surface area contributed by atoms with Crippen LogP contribution in [0.2, 0.25) is 0 Å². The predicted octanol–water partition coefficient (Wildman–Crippen LogP) is 3.19. The number of amides is 1.